The summed E-state index contributed by atoms with van der Waals surface area (Å²) in [5.41, 5.74) is 0. The first kappa shape index (κ1) is 12.4. The quantitative estimate of drug-likeness (QED) is 0.746. The number of rotatable bonds is 5. The molecule has 0 aromatic carbocycles. The fraction of sp³-hybridized carbons (Fsp3) is 0.500. The molecule has 1 rings (SSSR count). The third kappa shape index (κ3) is 3.43. The van der Waals surface area contributed by atoms with Gasteiger partial charge in [0.25, 0.3) is 0 Å². The molecule has 1 aromatic heterocycles. The van der Waals surface area contributed by atoms with Crippen molar-refractivity contribution in [2.24, 2.45) is 0 Å². The Labute approximate surface area is 94.0 Å². The normalized spacial score (nSPS) is 11.6. The molecule has 0 radical (unpaired) electrons. The molecule has 0 saturated carbocycles. The summed E-state index contributed by atoms with van der Waals surface area (Å²) in [6, 6.07) is 3.58. The second-order valence-electron chi connectivity index (χ2n) is 3.22. The molecule has 0 bridgehead atoms. The number of hydrogen-bond acceptors (Lipinski definition) is 4. The van der Waals surface area contributed by atoms with Gasteiger partial charge in [0.05, 0.1) is 4.88 Å². The van der Waals surface area contributed by atoms with E-state index in [0.29, 0.717) is 4.88 Å². The standard InChI is InChI=1S/C10H14O3S2/c1-3-8-5-6-10(14-8)9(11)7-15(12,13)4-2/h5-6H,3-4,7H2,1-2H3. The number of hydrogen-bond donors (Lipinski definition) is 0. The van der Waals surface area contributed by atoms with Gasteiger partial charge in [-0.15, -0.1) is 11.3 Å². The molecule has 84 valence electrons. The number of carbonyl (C=O) groups is 1. The van der Waals surface area contributed by atoms with Crippen LogP contribution in [-0.2, 0) is 16.3 Å². The first-order valence-corrected chi connectivity index (χ1v) is 7.44. The highest BCUT2D eigenvalue weighted by Crippen LogP contribution is 2.18. The molecule has 1 heterocycles. The first-order valence-electron chi connectivity index (χ1n) is 4.81. The molecule has 15 heavy (non-hydrogen) atoms. The monoisotopic (exact) mass is 246 g/mol. The Morgan fingerprint density at radius 2 is 2.00 bits per heavy atom. The van der Waals surface area contributed by atoms with Crippen LogP contribution in [-0.4, -0.2) is 25.7 Å². The van der Waals surface area contributed by atoms with E-state index in [4.69, 9.17) is 0 Å². The van der Waals surface area contributed by atoms with E-state index < -0.39 is 9.84 Å². The zero-order valence-electron chi connectivity index (χ0n) is 8.82. The van der Waals surface area contributed by atoms with E-state index in [1.807, 2.05) is 13.0 Å². The minimum absolute atomic E-state index is 0.0186. The van der Waals surface area contributed by atoms with Crippen molar-refractivity contribution < 1.29 is 13.2 Å². The molecule has 0 saturated heterocycles. The predicted octanol–water partition coefficient (Wildman–Crippen LogP) is 1.93. The third-order valence-electron chi connectivity index (χ3n) is 2.08. The minimum Gasteiger partial charge on any atom is -0.292 e. The van der Waals surface area contributed by atoms with Gasteiger partial charge >= 0.3 is 0 Å². The van der Waals surface area contributed by atoms with E-state index in [2.05, 4.69) is 0 Å². The average molecular weight is 246 g/mol. The lowest BCUT2D eigenvalue weighted by Crippen LogP contribution is -2.16. The number of aryl methyl sites for hydroxylation is 1. The number of ketones is 1. The summed E-state index contributed by atoms with van der Waals surface area (Å²) in [5, 5.41) is 0. The van der Waals surface area contributed by atoms with Gasteiger partial charge in [-0.25, -0.2) is 8.42 Å². The van der Waals surface area contributed by atoms with Crippen molar-refractivity contribution in [2.75, 3.05) is 11.5 Å². The van der Waals surface area contributed by atoms with E-state index in [1.165, 1.54) is 11.3 Å². The van der Waals surface area contributed by atoms with Gasteiger partial charge in [0.15, 0.2) is 15.6 Å². The molecular weight excluding hydrogens is 232 g/mol. The van der Waals surface area contributed by atoms with Gasteiger partial charge in [-0.1, -0.05) is 13.8 Å². The summed E-state index contributed by atoms with van der Waals surface area (Å²) in [6.45, 7) is 3.55. The summed E-state index contributed by atoms with van der Waals surface area (Å²) >= 11 is 1.38. The molecule has 0 aliphatic carbocycles. The fourth-order valence-corrected chi connectivity index (χ4v) is 2.83. The van der Waals surface area contributed by atoms with E-state index >= 15 is 0 Å². The largest absolute Gasteiger partial charge is 0.292 e. The number of sulfone groups is 1. The summed E-state index contributed by atoms with van der Waals surface area (Å²) in [6.07, 6.45) is 0.873. The van der Waals surface area contributed by atoms with Crippen LogP contribution in [0.15, 0.2) is 12.1 Å². The highest BCUT2D eigenvalue weighted by molar-refractivity contribution is 7.92. The van der Waals surface area contributed by atoms with Crippen molar-refractivity contribution in [3.05, 3.63) is 21.9 Å². The van der Waals surface area contributed by atoms with Crippen molar-refractivity contribution in [3.63, 3.8) is 0 Å². The molecule has 0 unspecified atom stereocenters. The van der Waals surface area contributed by atoms with Crippen molar-refractivity contribution in [3.8, 4) is 0 Å². The average Bonchev–Trinajstić information content (AvgIpc) is 2.65. The lowest BCUT2D eigenvalue weighted by molar-refractivity contribution is 0.102. The maximum Gasteiger partial charge on any atom is 0.187 e. The summed E-state index contributed by atoms with van der Waals surface area (Å²) < 4.78 is 22.5. The lowest BCUT2D eigenvalue weighted by atomic mass is 10.3. The van der Waals surface area contributed by atoms with Crippen LogP contribution >= 0.6 is 11.3 Å². The summed E-state index contributed by atoms with van der Waals surface area (Å²) in [4.78, 5) is 13.2. The first-order chi connectivity index (χ1) is 6.98. The smallest absolute Gasteiger partial charge is 0.187 e. The Morgan fingerprint density at radius 3 is 2.47 bits per heavy atom. The third-order valence-corrected chi connectivity index (χ3v) is 4.93. The molecule has 0 spiro atoms. The van der Waals surface area contributed by atoms with Crippen LogP contribution in [0, 0.1) is 0 Å². The molecule has 0 N–H and O–H groups in total. The molecular formula is C10H14O3S2. The van der Waals surface area contributed by atoms with Crippen LogP contribution in [0.5, 0.6) is 0 Å². The minimum atomic E-state index is -3.21. The zero-order valence-corrected chi connectivity index (χ0v) is 10.5. The number of thiophene rings is 1. The molecule has 0 amide bonds. The van der Waals surface area contributed by atoms with Gasteiger partial charge in [-0.05, 0) is 18.6 Å². The van der Waals surface area contributed by atoms with Crippen LogP contribution in [0.1, 0.15) is 28.4 Å². The predicted molar refractivity (Wildman–Crippen MR) is 62.4 cm³/mol. The molecule has 0 aliphatic rings. The molecule has 0 aliphatic heterocycles. The highest BCUT2D eigenvalue weighted by Gasteiger charge is 2.17. The molecule has 0 fully saturated rings. The van der Waals surface area contributed by atoms with E-state index in [-0.39, 0.29) is 17.3 Å². The van der Waals surface area contributed by atoms with Gasteiger partial charge in [0.2, 0.25) is 0 Å². The molecule has 5 heteroatoms. The molecule has 3 nitrogen and oxygen atoms in total. The molecule has 0 atom stereocenters. The van der Waals surface area contributed by atoms with Crippen molar-refractivity contribution in [2.45, 2.75) is 20.3 Å². The highest BCUT2D eigenvalue weighted by atomic mass is 32.2. The van der Waals surface area contributed by atoms with E-state index in [9.17, 15) is 13.2 Å². The number of carbonyl (C=O) groups excluding carboxylic acids is 1. The lowest BCUT2D eigenvalue weighted by Gasteiger charge is -1.97. The Bertz CT molecular complexity index is 443. The van der Waals surface area contributed by atoms with E-state index in [1.54, 1.807) is 13.0 Å². The van der Waals surface area contributed by atoms with Crippen LogP contribution in [0.4, 0.5) is 0 Å². The van der Waals surface area contributed by atoms with Crippen molar-refractivity contribution in [1.29, 1.82) is 0 Å². The van der Waals surface area contributed by atoms with E-state index in [0.717, 1.165) is 11.3 Å². The van der Waals surface area contributed by atoms with Crippen LogP contribution in [0.25, 0.3) is 0 Å². The second-order valence-corrected chi connectivity index (χ2v) is 6.74. The maximum atomic E-state index is 11.6. The maximum absolute atomic E-state index is 11.6. The van der Waals surface area contributed by atoms with Crippen molar-refractivity contribution in [1.82, 2.24) is 0 Å². The topological polar surface area (TPSA) is 51.2 Å². The van der Waals surface area contributed by atoms with Gasteiger partial charge < -0.3 is 0 Å². The SMILES string of the molecule is CCc1ccc(C(=O)CS(=O)(=O)CC)s1. The van der Waals surface area contributed by atoms with Gasteiger partial charge in [-0.2, -0.15) is 0 Å². The fourth-order valence-electron chi connectivity index (χ4n) is 1.09. The van der Waals surface area contributed by atoms with Crippen LogP contribution in [0.3, 0.4) is 0 Å². The van der Waals surface area contributed by atoms with Gasteiger partial charge in [0, 0.05) is 10.6 Å². The summed E-state index contributed by atoms with van der Waals surface area (Å²) in [5.74, 6) is -0.640. The summed E-state index contributed by atoms with van der Waals surface area (Å²) in [7, 11) is -3.21. The second kappa shape index (κ2) is 4.90. The van der Waals surface area contributed by atoms with Gasteiger partial charge in [-0.3, -0.25) is 4.79 Å². The zero-order chi connectivity index (χ0) is 11.5. The Morgan fingerprint density at radius 1 is 1.33 bits per heavy atom. The molecule has 1 aromatic rings. The van der Waals surface area contributed by atoms with Gasteiger partial charge in [0.1, 0.15) is 5.75 Å². The van der Waals surface area contributed by atoms with Crippen LogP contribution in [0.2, 0.25) is 0 Å². The van der Waals surface area contributed by atoms with Crippen molar-refractivity contribution >= 4 is 27.0 Å². The number of Topliss-reactive ketones (excluding diaryl/α,β-unsaturated/α-hetero) is 1. The Hall–Kier alpha value is -0.680. The Balaban J connectivity index is 2.78. The van der Waals surface area contributed by atoms with Crippen LogP contribution < -0.4 is 0 Å². The Kier molecular flexibility index (Phi) is 4.04.